The van der Waals surface area contributed by atoms with E-state index < -0.39 is 50.4 Å². The van der Waals surface area contributed by atoms with Gasteiger partial charge in [0.2, 0.25) is 0 Å². The molecule has 1 aromatic heterocycles. The molecule has 0 amide bonds. The highest BCUT2D eigenvalue weighted by Gasteiger charge is 2.44. The highest BCUT2D eigenvalue weighted by molar-refractivity contribution is 7.36. The van der Waals surface area contributed by atoms with Crippen LogP contribution in [0.15, 0.2) is 17.1 Å². The molecule has 1 aromatic rings. The van der Waals surface area contributed by atoms with Crippen LogP contribution < -0.4 is 16.5 Å². The van der Waals surface area contributed by atoms with Crippen molar-refractivity contribution in [1.29, 1.82) is 0 Å². The summed E-state index contributed by atoms with van der Waals surface area (Å²) >= 11 is 0. The van der Waals surface area contributed by atoms with Crippen LogP contribution in [0.5, 0.6) is 0 Å². The van der Waals surface area contributed by atoms with Crippen LogP contribution in [0.25, 0.3) is 0 Å². The third-order valence-corrected chi connectivity index (χ3v) is 4.83. The van der Waals surface area contributed by atoms with Gasteiger partial charge in [-0.15, -0.1) is 0 Å². The van der Waals surface area contributed by atoms with Crippen LogP contribution >= 0.6 is 8.18 Å². The number of esters is 1. The average Bonchev–Trinajstić information content (AvgIpc) is 2.87. The summed E-state index contributed by atoms with van der Waals surface area (Å²) in [5, 5.41) is 22.6. The predicted octanol–water partition coefficient (Wildman–Crippen LogP) is -2.00. The highest BCUT2D eigenvalue weighted by Crippen LogP contribution is 2.30. The van der Waals surface area contributed by atoms with Gasteiger partial charge >= 0.3 is 11.7 Å². The summed E-state index contributed by atoms with van der Waals surface area (Å²) in [6, 6.07) is 0.489. The van der Waals surface area contributed by atoms with E-state index in [1.165, 1.54) is 26.3 Å². The van der Waals surface area contributed by atoms with Gasteiger partial charge in [-0.3, -0.25) is 13.9 Å². The molecule has 0 aromatic carbocycles. The Kier molecular flexibility index (Phi) is 6.87. The van der Waals surface area contributed by atoms with Crippen LogP contribution in [-0.2, 0) is 23.4 Å². The van der Waals surface area contributed by atoms with E-state index in [4.69, 9.17) is 15.0 Å². The summed E-state index contributed by atoms with van der Waals surface area (Å²) in [5.74, 6) is -0.613. The maximum absolute atomic E-state index is 11.8. The molecule has 0 bridgehead atoms. The summed E-state index contributed by atoms with van der Waals surface area (Å²) in [7, 11) is -1.65. The van der Waals surface area contributed by atoms with E-state index in [1.807, 2.05) is 0 Å². The Balaban J connectivity index is 1.96. The number of nitrogen functional groups attached to an aromatic ring is 1. The maximum atomic E-state index is 11.8. The number of nitrogens with zero attached hydrogens (tertiary/aromatic N) is 2. The van der Waals surface area contributed by atoms with Crippen molar-refractivity contribution < 1.29 is 33.6 Å². The predicted molar refractivity (Wildman–Crippen MR) is 88.4 cm³/mol. The molecule has 2 rings (SSSR count). The Morgan fingerprint density at radius 2 is 2.23 bits per heavy atom. The Morgan fingerprint density at radius 1 is 1.54 bits per heavy atom. The van der Waals surface area contributed by atoms with Gasteiger partial charge in [0, 0.05) is 6.20 Å². The first-order valence-corrected chi connectivity index (χ1v) is 8.93. The van der Waals surface area contributed by atoms with E-state index in [-0.39, 0.29) is 12.4 Å². The number of nitrogens with two attached hydrogens (primary N) is 1. The number of nitrogens with one attached hydrogen (secondary N) is 1. The Bertz CT molecular complexity index is 728. The van der Waals surface area contributed by atoms with Crippen molar-refractivity contribution >= 4 is 20.0 Å². The number of methoxy groups -OCH3 is 1. The number of aliphatic hydroxyl groups is 2. The molecule has 0 aliphatic carbocycles. The van der Waals surface area contributed by atoms with E-state index in [0.717, 1.165) is 4.57 Å². The number of rotatable bonds is 7. The summed E-state index contributed by atoms with van der Waals surface area (Å²) in [5.41, 5.74) is 4.64. The van der Waals surface area contributed by atoms with Gasteiger partial charge in [0.25, 0.3) is 8.18 Å². The molecule has 5 N–H and O–H groups in total. The average molecular weight is 392 g/mol. The molecule has 13 heteroatoms. The Hall–Kier alpha value is -1.82. The molecule has 1 aliphatic rings. The number of anilines is 1. The van der Waals surface area contributed by atoms with Crippen molar-refractivity contribution in [2.75, 3.05) is 19.5 Å². The maximum Gasteiger partial charge on any atom is 0.351 e. The topological polar surface area (TPSA) is 175 Å². The smallest absolute Gasteiger partial charge is 0.351 e. The third kappa shape index (κ3) is 4.67. The number of ether oxygens (including phenoxy) is 2. The van der Waals surface area contributed by atoms with Crippen LogP contribution in [0.4, 0.5) is 5.82 Å². The van der Waals surface area contributed by atoms with Gasteiger partial charge in [-0.1, -0.05) is 0 Å². The number of carbonyl (C=O) groups excluding carboxylic acids is 1. The van der Waals surface area contributed by atoms with Crippen molar-refractivity contribution in [2.24, 2.45) is 0 Å². The molecular weight excluding hydrogens is 371 g/mol. The lowest BCUT2D eigenvalue weighted by Gasteiger charge is -2.17. The van der Waals surface area contributed by atoms with Crippen LogP contribution in [0.3, 0.4) is 0 Å². The summed E-state index contributed by atoms with van der Waals surface area (Å²) in [4.78, 5) is 26.6. The molecule has 6 atom stereocenters. The van der Waals surface area contributed by atoms with Crippen molar-refractivity contribution in [2.45, 2.75) is 37.5 Å². The molecule has 26 heavy (non-hydrogen) atoms. The van der Waals surface area contributed by atoms with Crippen molar-refractivity contribution in [1.82, 2.24) is 14.6 Å². The fourth-order valence-corrected chi connectivity index (χ4v) is 3.20. The number of aromatic nitrogens is 2. The summed E-state index contributed by atoms with van der Waals surface area (Å²) in [6.45, 7) is 1.10. The molecule has 1 fully saturated rings. The monoisotopic (exact) mass is 392 g/mol. The second-order valence-electron chi connectivity index (χ2n) is 5.58. The molecule has 0 spiro atoms. The van der Waals surface area contributed by atoms with Gasteiger partial charge in [0.15, 0.2) is 6.23 Å². The zero-order valence-electron chi connectivity index (χ0n) is 14.1. The highest BCUT2D eigenvalue weighted by atomic mass is 31.1. The summed E-state index contributed by atoms with van der Waals surface area (Å²) < 4.78 is 27.8. The zero-order valence-corrected chi connectivity index (χ0v) is 15.1. The molecule has 1 saturated heterocycles. The molecule has 0 saturated carbocycles. The van der Waals surface area contributed by atoms with Crippen LogP contribution in [0, 0.1) is 0 Å². The molecule has 146 valence electrons. The van der Waals surface area contributed by atoms with Crippen molar-refractivity contribution in [3.05, 3.63) is 22.7 Å². The molecular formula is C13H21N4O8P. The van der Waals surface area contributed by atoms with Crippen LogP contribution in [-0.4, -0.2) is 63.8 Å². The lowest BCUT2D eigenvalue weighted by Crippen LogP contribution is -2.36. The Morgan fingerprint density at radius 3 is 2.85 bits per heavy atom. The first kappa shape index (κ1) is 20.5. The SMILES string of the molecule is COC(=O)[C@H](C)N[PH](=O)OC[C@H]1O[C@@H](n2ccc(N)nc2=O)[C@H](O)[C@@H]1O. The fraction of sp³-hybridized carbons (Fsp3) is 0.615. The molecule has 0 radical (unpaired) electrons. The van der Waals surface area contributed by atoms with Gasteiger partial charge < -0.3 is 29.9 Å². The first-order chi connectivity index (χ1) is 12.2. The number of hydrogen-bond acceptors (Lipinski definition) is 10. The summed E-state index contributed by atoms with van der Waals surface area (Å²) in [6.07, 6.45) is -3.81. The van der Waals surface area contributed by atoms with E-state index in [2.05, 4.69) is 14.8 Å². The second kappa shape index (κ2) is 8.71. The number of hydrogen-bond donors (Lipinski definition) is 4. The zero-order chi connectivity index (χ0) is 19.4. The van der Waals surface area contributed by atoms with Gasteiger partial charge in [-0.25, -0.2) is 9.88 Å². The minimum Gasteiger partial charge on any atom is -0.468 e. The van der Waals surface area contributed by atoms with Gasteiger partial charge in [-0.2, -0.15) is 4.98 Å². The number of aliphatic hydroxyl groups excluding tert-OH is 2. The second-order valence-corrected chi connectivity index (χ2v) is 6.73. The minimum absolute atomic E-state index is 0.00330. The fourth-order valence-electron chi connectivity index (χ4n) is 2.33. The molecule has 1 unspecified atom stereocenters. The van der Waals surface area contributed by atoms with Crippen molar-refractivity contribution in [3.8, 4) is 0 Å². The van der Waals surface area contributed by atoms with E-state index in [1.54, 1.807) is 0 Å². The van der Waals surface area contributed by atoms with Gasteiger partial charge in [-0.05, 0) is 13.0 Å². The lowest BCUT2D eigenvalue weighted by molar-refractivity contribution is -0.142. The molecule has 2 heterocycles. The van der Waals surface area contributed by atoms with E-state index >= 15 is 0 Å². The molecule has 12 nitrogen and oxygen atoms in total. The first-order valence-electron chi connectivity index (χ1n) is 7.62. The standard InChI is InChI=1S/C13H21N4O8P/c1-6(12(20)23-2)16-26(22)24-5-7-9(18)10(19)11(25-7)17-4-3-8(14)15-13(17)21/h3-4,6-7,9-11,18-19,26H,5H2,1-2H3,(H,16,22)(H2,14,15,21)/t6-,7+,9+,10+,11+/m0/s1. The lowest BCUT2D eigenvalue weighted by atomic mass is 10.1. The van der Waals surface area contributed by atoms with E-state index in [9.17, 15) is 24.4 Å². The van der Waals surface area contributed by atoms with Crippen molar-refractivity contribution in [3.63, 3.8) is 0 Å². The van der Waals surface area contributed by atoms with E-state index in [0.29, 0.717) is 0 Å². The van der Waals surface area contributed by atoms with Crippen LogP contribution in [0.1, 0.15) is 13.2 Å². The minimum atomic E-state index is -2.84. The largest absolute Gasteiger partial charge is 0.468 e. The number of carbonyl (C=O) groups is 1. The van der Waals surface area contributed by atoms with Gasteiger partial charge in [0.1, 0.15) is 30.2 Å². The molecule has 1 aliphatic heterocycles. The third-order valence-electron chi connectivity index (χ3n) is 3.73. The van der Waals surface area contributed by atoms with Gasteiger partial charge in [0.05, 0.1) is 13.7 Å². The Labute approximate surface area is 148 Å². The quantitative estimate of drug-likeness (QED) is 0.298. The van der Waals surface area contributed by atoms with Crippen LogP contribution in [0.2, 0.25) is 0 Å². The normalized spacial score (nSPS) is 27.8.